The molecule has 1 fully saturated rings. The molecular formula is C11H16N2O. The van der Waals surface area contributed by atoms with E-state index in [9.17, 15) is 5.11 Å². The summed E-state index contributed by atoms with van der Waals surface area (Å²) in [7, 11) is 0. The highest BCUT2D eigenvalue weighted by atomic mass is 16.3. The lowest BCUT2D eigenvalue weighted by molar-refractivity contribution is 0.476. The molecule has 0 aliphatic carbocycles. The second kappa shape index (κ2) is 4.33. The largest absolute Gasteiger partial charge is 0.506 e. The minimum atomic E-state index is 0.325. The summed E-state index contributed by atoms with van der Waals surface area (Å²) in [5.74, 6) is 0.325. The van der Waals surface area contributed by atoms with Crippen LogP contribution in [0.25, 0.3) is 0 Å². The van der Waals surface area contributed by atoms with E-state index >= 15 is 0 Å². The lowest BCUT2D eigenvalue weighted by atomic mass is 10.2. The Morgan fingerprint density at radius 1 is 1.43 bits per heavy atom. The van der Waals surface area contributed by atoms with Gasteiger partial charge in [-0.1, -0.05) is 12.1 Å². The number of para-hydroxylation sites is 2. The topological polar surface area (TPSA) is 44.3 Å². The summed E-state index contributed by atoms with van der Waals surface area (Å²) < 4.78 is 0. The zero-order valence-corrected chi connectivity index (χ0v) is 8.16. The van der Waals surface area contributed by atoms with Crippen LogP contribution in [-0.4, -0.2) is 24.2 Å². The van der Waals surface area contributed by atoms with Gasteiger partial charge in [0.2, 0.25) is 0 Å². The Hall–Kier alpha value is -1.22. The highest BCUT2D eigenvalue weighted by molar-refractivity contribution is 5.55. The van der Waals surface area contributed by atoms with E-state index in [1.807, 2.05) is 18.2 Å². The molecule has 14 heavy (non-hydrogen) atoms. The number of phenols is 1. The first-order valence-corrected chi connectivity index (χ1v) is 5.11. The maximum Gasteiger partial charge on any atom is 0.138 e. The van der Waals surface area contributed by atoms with Gasteiger partial charge in [0.05, 0.1) is 5.69 Å². The molecule has 1 heterocycles. The summed E-state index contributed by atoms with van der Waals surface area (Å²) in [6.07, 6.45) is 2.48. The summed E-state index contributed by atoms with van der Waals surface area (Å²) in [4.78, 5) is 0. The first kappa shape index (κ1) is 9.34. The predicted molar refractivity (Wildman–Crippen MR) is 57.6 cm³/mol. The van der Waals surface area contributed by atoms with E-state index in [1.165, 1.54) is 12.8 Å². The van der Waals surface area contributed by atoms with E-state index in [0.717, 1.165) is 18.8 Å². The van der Waals surface area contributed by atoms with Crippen molar-refractivity contribution in [1.29, 1.82) is 0 Å². The zero-order chi connectivity index (χ0) is 9.80. The third-order valence-corrected chi connectivity index (χ3v) is 2.61. The van der Waals surface area contributed by atoms with Crippen molar-refractivity contribution < 1.29 is 5.11 Å². The van der Waals surface area contributed by atoms with Gasteiger partial charge in [-0.3, -0.25) is 0 Å². The van der Waals surface area contributed by atoms with Gasteiger partial charge in [-0.2, -0.15) is 0 Å². The number of hydrogen-bond donors (Lipinski definition) is 3. The van der Waals surface area contributed by atoms with Crippen molar-refractivity contribution in [2.45, 2.75) is 18.9 Å². The van der Waals surface area contributed by atoms with Crippen LogP contribution in [0.3, 0.4) is 0 Å². The van der Waals surface area contributed by atoms with Gasteiger partial charge >= 0.3 is 0 Å². The van der Waals surface area contributed by atoms with Gasteiger partial charge in [0, 0.05) is 12.6 Å². The third kappa shape index (κ3) is 2.17. The van der Waals surface area contributed by atoms with Crippen molar-refractivity contribution in [2.75, 3.05) is 18.4 Å². The molecule has 0 amide bonds. The summed E-state index contributed by atoms with van der Waals surface area (Å²) in [6.45, 7) is 2.00. The van der Waals surface area contributed by atoms with Crippen molar-refractivity contribution in [2.24, 2.45) is 0 Å². The zero-order valence-electron chi connectivity index (χ0n) is 8.16. The molecule has 0 saturated carbocycles. The summed E-state index contributed by atoms with van der Waals surface area (Å²) in [5, 5.41) is 16.1. The standard InChI is InChI=1S/C11H16N2O/c14-11-6-2-1-5-10(11)13-8-9-4-3-7-12-9/h1-2,5-6,9,12-14H,3-4,7-8H2/t9-/m0/s1. The van der Waals surface area contributed by atoms with Crippen LogP contribution in [0.4, 0.5) is 5.69 Å². The molecule has 0 aromatic heterocycles. The fraction of sp³-hybridized carbons (Fsp3) is 0.455. The van der Waals surface area contributed by atoms with E-state index in [-0.39, 0.29) is 0 Å². The van der Waals surface area contributed by atoms with Gasteiger partial charge in [0.25, 0.3) is 0 Å². The molecule has 3 N–H and O–H groups in total. The number of benzene rings is 1. The van der Waals surface area contributed by atoms with Gasteiger partial charge in [-0.05, 0) is 31.5 Å². The maximum atomic E-state index is 9.50. The number of rotatable bonds is 3. The molecule has 0 radical (unpaired) electrons. The number of phenolic OH excluding ortho intramolecular Hbond substituents is 1. The van der Waals surface area contributed by atoms with Crippen LogP contribution >= 0.6 is 0 Å². The maximum absolute atomic E-state index is 9.50. The molecule has 1 aliphatic rings. The van der Waals surface area contributed by atoms with Crippen LogP contribution in [0.15, 0.2) is 24.3 Å². The Kier molecular flexibility index (Phi) is 2.89. The molecule has 1 saturated heterocycles. The SMILES string of the molecule is Oc1ccccc1NC[C@@H]1CCCN1. The second-order valence-corrected chi connectivity index (χ2v) is 3.69. The summed E-state index contributed by atoms with van der Waals surface area (Å²) in [5.41, 5.74) is 0.821. The first-order chi connectivity index (χ1) is 6.86. The number of aromatic hydroxyl groups is 1. The van der Waals surface area contributed by atoms with Crippen LogP contribution in [0.2, 0.25) is 0 Å². The van der Waals surface area contributed by atoms with Gasteiger partial charge in [0.15, 0.2) is 0 Å². The molecule has 1 aromatic carbocycles. The van der Waals surface area contributed by atoms with Gasteiger partial charge in [0.1, 0.15) is 5.75 Å². The van der Waals surface area contributed by atoms with E-state index in [0.29, 0.717) is 11.8 Å². The van der Waals surface area contributed by atoms with Crippen LogP contribution in [0.5, 0.6) is 5.75 Å². The monoisotopic (exact) mass is 192 g/mol. The van der Waals surface area contributed by atoms with Crippen molar-refractivity contribution in [1.82, 2.24) is 5.32 Å². The molecule has 3 nitrogen and oxygen atoms in total. The van der Waals surface area contributed by atoms with Crippen molar-refractivity contribution in [3.8, 4) is 5.75 Å². The van der Waals surface area contributed by atoms with E-state index in [4.69, 9.17) is 0 Å². The summed E-state index contributed by atoms with van der Waals surface area (Å²) >= 11 is 0. The molecule has 1 atom stereocenters. The first-order valence-electron chi connectivity index (χ1n) is 5.11. The molecule has 0 unspecified atom stereocenters. The third-order valence-electron chi connectivity index (χ3n) is 2.61. The van der Waals surface area contributed by atoms with Crippen molar-refractivity contribution in [3.63, 3.8) is 0 Å². The minimum Gasteiger partial charge on any atom is -0.506 e. The Balaban J connectivity index is 1.88. The average molecular weight is 192 g/mol. The highest BCUT2D eigenvalue weighted by Crippen LogP contribution is 2.21. The van der Waals surface area contributed by atoms with Gasteiger partial charge in [-0.15, -0.1) is 0 Å². The van der Waals surface area contributed by atoms with Crippen LogP contribution in [0, 0.1) is 0 Å². The molecule has 0 bridgehead atoms. The minimum absolute atomic E-state index is 0.325. The molecule has 76 valence electrons. The highest BCUT2D eigenvalue weighted by Gasteiger charge is 2.13. The molecule has 1 aliphatic heterocycles. The number of anilines is 1. The average Bonchev–Trinajstić information content (AvgIpc) is 2.69. The summed E-state index contributed by atoms with van der Waals surface area (Å²) in [6, 6.07) is 7.89. The lowest BCUT2D eigenvalue weighted by Gasteiger charge is -2.13. The van der Waals surface area contributed by atoms with Crippen molar-refractivity contribution in [3.05, 3.63) is 24.3 Å². The Bertz CT molecular complexity index is 295. The van der Waals surface area contributed by atoms with Gasteiger partial charge in [-0.25, -0.2) is 0 Å². The molecule has 1 aromatic rings. The van der Waals surface area contributed by atoms with E-state index < -0.39 is 0 Å². The molecule has 2 rings (SSSR count). The second-order valence-electron chi connectivity index (χ2n) is 3.69. The normalized spacial score (nSPS) is 21.0. The molecule has 3 heteroatoms. The van der Waals surface area contributed by atoms with Crippen LogP contribution in [0.1, 0.15) is 12.8 Å². The fourth-order valence-corrected chi connectivity index (χ4v) is 1.79. The number of nitrogens with one attached hydrogen (secondary N) is 2. The van der Waals surface area contributed by atoms with Gasteiger partial charge < -0.3 is 15.7 Å². The van der Waals surface area contributed by atoms with Crippen molar-refractivity contribution >= 4 is 5.69 Å². The predicted octanol–water partition coefficient (Wildman–Crippen LogP) is 1.56. The van der Waals surface area contributed by atoms with E-state index in [2.05, 4.69) is 10.6 Å². The molecular weight excluding hydrogens is 176 g/mol. The quantitative estimate of drug-likeness (QED) is 0.637. The smallest absolute Gasteiger partial charge is 0.138 e. The Morgan fingerprint density at radius 2 is 2.29 bits per heavy atom. The fourth-order valence-electron chi connectivity index (χ4n) is 1.79. The number of hydrogen-bond acceptors (Lipinski definition) is 3. The lowest BCUT2D eigenvalue weighted by Crippen LogP contribution is -2.29. The van der Waals surface area contributed by atoms with E-state index in [1.54, 1.807) is 6.07 Å². The Morgan fingerprint density at radius 3 is 3.00 bits per heavy atom. The van der Waals surface area contributed by atoms with Crippen LogP contribution < -0.4 is 10.6 Å². The van der Waals surface area contributed by atoms with Crippen LogP contribution in [-0.2, 0) is 0 Å². The molecule has 0 spiro atoms. The Labute approximate surface area is 84.1 Å².